The number of aromatic hydroxyl groups is 1. The van der Waals surface area contributed by atoms with E-state index < -0.39 is 6.10 Å². The van der Waals surface area contributed by atoms with Crippen LogP contribution in [0, 0.1) is 5.92 Å². The van der Waals surface area contributed by atoms with Crippen molar-refractivity contribution in [1.29, 1.82) is 0 Å². The second-order valence-electron chi connectivity index (χ2n) is 3.63. The molecule has 14 heavy (non-hydrogen) atoms. The Hall–Kier alpha value is -0.670. The number of hydrogen-bond acceptors (Lipinski definition) is 3. The fourth-order valence-corrected chi connectivity index (χ4v) is 3.08. The molecule has 2 atom stereocenters. The normalized spacial score (nSPS) is 23.6. The number of rotatable bonds is 2. The molecule has 1 aliphatic rings. The topological polar surface area (TPSA) is 40.5 Å². The third kappa shape index (κ3) is 1.88. The maximum atomic E-state index is 10.0. The maximum absolute atomic E-state index is 10.0. The van der Waals surface area contributed by atoms with E-state index in [0.717, 1.165) is 17.9 Å². The smallest absolute Gasteiger partial charge is 0.121 e. The van der Waals surface area contributed by atoms with Gasteiger partial charge in [0.15, 0.2) is 0 Å². The van der Waals surface area contributed by atoms with Crippen molar-refractivity contribution < 1.29 is 10.2 Å². The van der Waals surface area contributed by atoms with E-state index in [0.29, 0.717) is 11.5 Å². The number of aliphatic hydroxyl groups excluding tert-OH is 1. The van der Waals surface area contributed by atoms with Crippen molar-refractivity contribution in [3.8, 4) is 5.75 Å². The van der Waals surface area contributed by atoms with Crippen molar-refractivity contribution in [3.63, 3.8) is 0 Å². The van der Waals surface area contributed by atoms with Crippen molar-refractivity contribution in [1.82, 2.24) is 0 Å². The predicted molar refractivity (Wildman–Crippen MR) is 58.5 cm³/mol. The van der Waals surface area contributed by atoms with Crippen molar-refractivity contribution in [2.75, 3.05) is 11.5 Å². The molecule has 0 radical (unpaired) electrons. The fourth-order valence-electron chi connectivity index (χ4n) is 1.79. The monoisotopic (exact) mass is 210 g/mol. The Morgan fingerprint density at radius 2 is 2.14 bits per heavy atom. The van der Waals surface area contributed by atoms with Crippen LogP contribution in [-0.4, -0.2) is 21.7 Å². The second kappa shape index (κ2) is 4.24. The Labute approximate surface area is 88.0 Å². The Kier molecular flexibility index (Phi) is 2.99. The molecule has 0 aliphatic carbocycles. The lowest BCUT2D eigenvalue weighted by Gasteiger charge is -2.18. The van der Waals surface area contributed by atoms with Crippen molar-refractivity contribution in [2.45, 2.75) is 12.5 Å². The summed E-state index contributed by atoms with van der Waals surface area (Å²) in [5.41, 5.74) is 0.667. The van der Waals surface area contributed by atoms with Crippen LogP contribution in [0.1, 0.15) is 18.1 Å². The van der Waals surface area contributed by atoms with E-state index in [1.807, 2.05) is 17.8 Å². The van der Waals surface area contributed by atoms with E-state index in [-0.39, 0.29) is 5.75 Å². The van der Waals surface area contributed by atoms with Gasteiger partial charge >= 0.3 is 0 Å². The molecule has 2 unspecified atom stereocenters. The molecule has 0 aromatic heterocycles. The van der Waals surface area contributed by atoms with Gasteiger partial charge in [-0.1, -0.05) is 18.2 Å². The molecule has 0 bridgehead atoms. The zero-order valence-electron chi connectivity index (χ0n) is 7.89. The zero-order chi connectivity index (χ0) is 9.97. The van der Waals surface area contributed by atoms with Gasteiger partial charge in [0, 0.05) is 5.56 Å². The number of benzene rings is 1. The van der Waals surface area contributed by atoms with Gasteiger partial charge in [-0.25, -0.2) is 0 Å². The summed E-state index contributed by atoms with van der Waals surface area (Å²) in [4.78, 5) is 0. The van der Waals surface area contributed by atoms with Crippen molar-refractivity contribution in [2.24, 2.45) is 5.92 Å². The van der Waals surface area contributed by atoms with E-state index in [4.69, 9.17) is 0 Å². The molecule has 2 N–H and O–H groups in total. The highest BCUT2D eigenvalue weighted by Crippen LogP contribution is 2.36. The lowest BCUT2D eigenvalue weighted by Crippen LogP contribution is -2.11. The average molecular weight is 210 g/mol. The van der Waals surface area contributed by atoms with Gasteiger partial charge in [0.2, 0.25) is 0 Å². The molecule has 1 fully saturated rings. The first-order chi connectivity index (χ1) is 6.79. The third-order valence-electron chi connectivity index (χ3n) is 2.67. The van der Waals surface area contributed by atoms with Gasteiger partial charge < -0.3 is 10.2 Å². The molecule has 1 aliphatic heterocycles. The van der Waals surface area contributed by atoms with Crippen LogP contribution in [0.25, 0.3) is 0 Å². The highest BCUT2D eigenvalue weighted by atomic mass is 32.2. The Balaban J connectivity index is 2.17. The average Bonchev–Trinajstić information content (AvgIpc) is 2.70. The third-order valence-corrected chi connectivity index (χ3v) is 3.86. The Morgan fingerprint density at radius 1 is 1.36 bits per heavy atom. The first-order valence-corrected chi connectivity index (χ1v) is 5.98. The molecule has 76 valence electrons. The molecule has 0 saturated carbocycles. The molecule has 1 aromatic carbocycles. The van der Waals surface area contributed by atoms with Gasteiger partial charge in [0.05, 0.1) is 6.10 Å². The quantitative estimate of drug-likeness (QED) is 0.786. The fraction of sp³-hybridized carbons (Fsp3) is 0.455. The van der Waals surface area contributed by atoms with Gasteiger partial charge in [-0.3, -0.25) is 0 Å². The van der Waals surface area contributed by atoms with Gasteiger partial charge in [-0.2, -0.15) is 11.8 Å². The standard InChI is InChI=1S/C11H14O2S/c12-10-4-2-1-3-9(10)11(13)8-5-6-14-7-8/h1-4,8,11-13H,5-7H2. The summed E-state index contributed by atoms with van der Waals surface area (Å²) in [5, 5.41) is 19.6. The predicted octanol–water partition coefficient (Wildman–Crippen LogP) is 2.18. The number of phenols is 1. The molecular formula is C11H14O2S. The van der Waals surface area contributed by atoms with Crippen molar-refractivity contribution >= 4 is 11.8 Å². The zero-order valence-corrected chi connectivity index (χ0v) is 8.70. The SMILES string of the molecule is Oc1ccccc1C(O)C1CCSC1. The number of aliphatic hydroxyl groups is 1. The number of hydrogen-bond donors (Lipinski definition) is 2. The highest BCUT2D eigenvalue weighted by Gasteiger charge is 2.26. The molecule has 1 heterocycles. The summed E-state index contributed by atoms with van der Waals surface area (Å²) in [6, 6.07) is 7.04. The molecule has 0 amide bonds. The molecule has 0 spiro atoms. The molecular weight excluding hydrogens is 196 g/mol. The van der Waals surface area contributed by atoms with E-state index in [2.05, 4.69) is 0 Å². The first-order valence-electron chi connectivity index (χ1n) is 4.83. The van der Waals surface area contributed by atoms with Gasteiger partial charge in [0.1, 0.15) is 5.75 Å². The Morgan fingerprint density at radius 3 is 2.79 bits per heavy atom. The summed E-state index contributed by atoms with van der Waals surface area (Å²) in [5.74, 6) is 2.62. The number of phenolic OH excluding ortho intramolecular Hbond substituents is 1. The van der Waals surface area contributed by atoms with E-state index in [9.17, 15) is 10.2 Å². The lowest BCUT2D eigenvalue weighted by molar-refractivity contribution is 0.118. The van der Waals surface area contributed by atoms with Crippen LogP contribution in [0.2, 0.25) is 0 Å². The van der Waals surface area contributed by atoms with Gasteiger partial charge in [0.25, 0.3) is 0 Å². The van der Waals surface area contributed by atoms with Crippen LogP contribution in [0.4, 0.5) is 0 Å². The summed E-state index contributed by atoms with van der Waals surface area (Å²) in [6.07, 6.45) is 0.534. The van der Waals surface area contributed by atoms with E-state index in [1.54, 1.807) is 18.2 Å². The van der Waals surface area contributed by atoms with Crippen LogP contribution >= 0.6 is 11.8 Å². The largest absolute Gasteiger partial charge is 0.508 e. The number of thioether (sulfide) groups is 1. The Bertz CT molecular complexity index is 308. The molecule has 1 aromatic rings. The van der Waals surface area contributed by atoms with Crippen LogP contribution in [0.3, 0.4) is 0 Å². The number of para-hydroxylation sites is 1. The highest BCUT2D eigenvalue weighted by molar-refractivity contribution is 7.99. The first kappa shape index (κ1) is 9.87. The van der Waals surface area contributed by atoms with Gasteiger partial charge in [-0.15, -0.1) is 0 Å². The summed E-state index contributed by atoms with van der Waals surface area (Å²) >= 11 is 1.87. The lowest BCUT2D eigenvalue weighted by atomic mass is 9.95. The molecule has 1 saturated heterocycles. The van der Waals surface area contributed by atoms with Gasteiger partial charge in [-0.05, 0) is 29.9 Å². The van der Waals surface area contributed by atoms with Crippen molar-refractivity contribution in [3.05, 3.63) is 29.8 Å². The molecule has 2 rings (SSSR count). The summed E-state index contributed by atoms with van der Waals surface area (Å²) in [7, 11) is 0. The summed E-state index contributed by atoms with van der Waals surface area (Å²) in [6.45, 7) is 0. The maximum Gasteiger partial charge on any atom is 0.121 e. The van der Waals surface area contributed by atoms with E-state index in [1.165, 1.54) is 0 Å². The van der Waals surface area contributed by atoms with Crippen LogP contribution in [0.15, 0.2) is 24.3 Å². The molecule has 3 heteroatoms. The summed E-state index contributed by atoms with van der Waals surface area (Å²) < 4.78 is 0. The second-order valence-corrected chi connectivity index (χ2v) is 4.78. The minimum Gasteiger partial charge on any atom is -0.508 e. The molecule has 2 nitrogen and oxygen atoms in total. The van der Waals surface area contributed by atoms with E-state index >= 15 is 0 Å². The van der Waals surface area contributed by atoms with Crippen LogP contribution in [-0.2, 0) is 0 Å². The minimum atomic E-state index is -0.508. The van der Waals surface area contributed by atoms with Crippen LogP contribution < -0.4 is 0 Å². The minimum absolute atomic E-state index is 0.205. The van der Waals surface area contributed by atoms with Crippen LogP contribution in [0.5, 0.6) is 5.75 Å².